The minimum atomic E-state index is -0.160. The number of carbonyl (C=O) groups is 2. The van der Waals surface area contributed by atoms with Crippen LogP contribution in [0.5, 0.6) is 5.75 Å². The number of para-hydroxylation sites is 2. The van der Waals surface area contributed by atoms with Gasteiger partial charge in [0.15, 0.2) is 5.69 Å². The van der Waals surface area contributed by atoms with E-state index in [1.807, 2.05) is 47.9 Å². The van der Waals surface area contributed by atoms with Crippen LogP contribution >= 0.6 is 0 Å². The number of benzene rings is 2. The molecule has 2 aliphatic rings. The maximum Gasteiger partial charge on any atom is 0.276 e. The molecule has 1 aromatic heterocycles. The van der Waals surface area contributed by atoms with E-state index in [2.05, 4.69) is 33.4 Å². The Morgan fingerprint density at radius 1 is 0.930 bits per heavy atom. The van der Waals surface area contributed by atoms with Gasteiger partial charge >= 0.3 is 0 Å². The van der Waals surface area contributed by atoms with E-state index >= 15 is 0 Å². The van der Waals surface area contributed by atoms with Crippen molar-refractivity contribution in [3.05, 3.63) is 65.0 Å². The van der Waals surface area contributed by atoms with Crippen molar-refractivity contribution < 1.29 is 19.1 Å². The van der Waals surface area contributed by atoms with Crippen LogP contribution in [0, 0.1) is 6.92 Å². The van der Waals surface area contributed by atoms with Gasteiger partial charge < -0.3 is 19.3 Å². The van der Waals surface area contributed by atoms with Crippen LogP contribution in [0.2, 0.25) is 0 Å². The maximum absolute atomic E-state index is 14.1. The van der Waals surface area contributed by atoms with Gasteiger partial charge in [-0.15, -0.1) is 5.10 Å². The average molecular weight is 589 g/mol. The Kier molecular flexibility index (Phi) is 10.4. The lowest BCUT2D eigenvalue weighted by atomic mass is 10.0. The lowest BCUT2D eigenvalue weighted by Crippen LogP contribution is -2.36. The Hall–Kier alpha value is -3.76. The van der Waals surface area contributed by atoms with E-state index < -0.39 is 0 Å². The predicted octanol–water partition coefficient (Wildman–Crippen LogP) is 4.77. The van der Waals surface area contributed by atoms with E-state index in [1.54, 1.807) is 11.6 Å². The van der Waals surface area contributed by atoms with Crippen molar-refractivity contribution in [3.8, 4) is 11.4 Å². The summed E-state index contributed by atoms with van der Waals surface area (Å²) in [5, 5.41) is 8.73. The molecule has 0 radical (unpaired) electrons. The molecule has 1 fully saturated rings. The van der Waals surface area contributed by atoms with Gasteiger partial charge in [0.1, 0.15) is 11.4 Å². The van der Waals surface area contributed by atoms with Gasteiger partial charge in [0, 0.05) is 51.9 Å². The second-order valence-electron chi connectivity index (χ2n) is 11.4. The third-order valence-corrected chi connectivity index (χ3v) is 8.28. The summed E-state index contributed by atoms with van der Waals surface area (Å²) in [5.41, 5.74) is 4.74. The zero-order chi connectivity index (χ0) is 30.2. The standard InChI is InChI=1S/C33H44N6O4/c1-4-43-31-13-9-8-12-29(31)39-25(2)32(34-35-39)33(41)37-16-10-6-5-7-11-17-38(26(3)40)30-22-27(14-15-28(30)24-37)23-36-18-20-42-21-19-36/h8-9,12-15,22H,4-7,10-11,16-21,23-24H2,1-3H3. The highest BCUT2D eigenvalue weighted by Crippen LogP contribution is 2.29. The van der Waals surface area contributed by atoms with Crippen molar-refractivity contribution in [1.29, 1.82) is 0 Å². The maximum atomic E-state index is 14.1. The van der Waals surface area contributed by atoms with E-state index in [1.165, 1.54) is 0 Å². The number of hydrogen-bond donors (Lipinski definition) is 0. The zero-order valence-electron chi connectivity index (χ0n) is 25.8. The number of morpholine rings is 1. The molecule has 230 valence electrons. The van der Waals surface area contributed by atoms with Crippen molar-refractivity contribution in [2.75, 3.05) is 50.9 Å². The first-order chi connectivity index (χ1) is 21.0. The molecule has 2 aliphatic heterocycles. The summed E-state index contributed by atoms with van der Waals surface area (Å²) in [6, 6.07) is 14.0. The summed E-state index contributed by atoms with van der Waals surface area (Å²) in [7, 11) is 0. The molecule has 0 spiro atoms. The number of anilines is 1. The molecule has 3 heterocycles. The molecule has 2 amide bonds. The summed E-state index contributed by atoms with van der Waals surface area (Å²) < 4.78 is 13.0. The van der Waals surface area contributed by atoms with Crippen LogP contribution < -0.4 is 9.64 Å². The first-order valence-electron chi connectivity index (χ1n) is 15.6. The van der Waals surface area contributed by atoms with Gasteiger partial charge in [-0.1, -0.05) is 48.7 Å². The highest BCUT2D eigenvalue weighted by molar-refractivity contribution is 5.94. The molecule has 0 aliphatic carbocycles. The Labute approximate surface area is 254 Å². The molecule has 0 bridgehead atoms. The molecule has 3 aromatic rings. The number of nitrogens with zero attached hydrogens (tertiary/aromatic N) is 6. The summed E-state index contributed by atoms with van der Waals surface area (Å²) in [5.74, 6) is 0.549. The van der Waals surface area contributed by atoms with Crippen molar-refractivity contribution in [1.82, 2.24) is 24.8 Å². The van der Waals surface area contributed by atoms with Gasteiger partial charge in [0.2, 0.25) is 5.91 Å². The van der Waals surface area contributed by atoms with Crippen LogP contribution in [-0.4, -0.2) is 82.6 Å². The van der Waals surface area contributed by atoms with Crippen LogP contribution in [0.4, 0.5) is 5.69 Å². The van der Waals surface area contributed by atoms with Gasteiger partial charge in [-0.05, 0) is 56.0 Å². The number of aromatic nitrogens is 3. The topological polar surface area (TPSA) is 93.0 Å². The highest BCUT2D eigenvalue weighted by atomic mass is 16.5. The van der Waals surface area contributed by atoms with Crippen LogP contribution in [-0.2, 0) is 22.6 Å². The fourth-order valence-corrected chi connectivity index (χ4v) is 5.93. The van der Waals surface area contributed by atoms with Crippen molar-refractivity contribution in [2.24, 2.45) is 0 Å². The second-order valence-corrected chi connectivity index (χ2v) is 11.4. The smallest absolute Gasteiger partial charge is 0.276 e. The van der Waals surface area contributed by atoms with Gasteiger partial charge in [-0.25, -0.2) is 4.68 Å². The third kappa shape index (κ3) is 7.43. The second kappa shape index (κ2) is 14.6. The summed E-state index contributed by atoms with van der Waals surface area (Å²) >= 11 is 0. The van der Waals surface area contributed by atoms with E-state index in [9.17, 15) is 9.59 Å². The van der Waals surface area contributed by atoms with E-state index in [-0.39, 0.29) is 11.8 Å². The molecule has 5 rings (SSSR count). The normalized spacial score (nSPS) is 17.1. The largest absolute Gasteiger partial charge is 0.492 e. The van der Waals surface area contributed by atoms with Gasteiger partial charge in [0.25, 0.3) is 5.91 Å². The van der Waals surface area contributed by atoms with E-state index in [0.717, 1.165) is 87.5 Å². The van der Waals surface area contributed by atoms with Crippen LogP contribution in [0.15, 0.2) is 42.5 Å². The fourth-order valence-electron chi connectivity index (χ4n) is 5.93. The van der Waals surface area contributed by atoms with Crippen molar-refractivity contribution in [2.45, 2.75) is 66.0 Å². The van der Waals surface area contributed by atoms with Crippen molar-refractivity contribution >= 4 is 17.5 Å². The lowest BCUT2D eigenvalue weighted by Gasteiger charge is -2.30. The number of hydrogen-bond acceptors (Lipinski definition) is 7. The lowest BCUT2D eigenvalue weighted by molar-refractivity contribution is -0.116. The van der Waals surface area contributed by atoms with E-state index in [4.69, 9.17) is 9.47 Å². The van der Waals surface area contributed by atoms with Crippen molar-refractivity contribution in [3.63, 3.8) is 0 Å². The van der Waals surface area contributed by atoms with E-state index in [0.29, 0.717) is 43.4 Å². The SMILES string of the molecule is CCOc1ccccc1-n1nnc(C(=O)N2CCCCCCCN(C(C)=O)c3cc(CN4CCOCC4)ccc3C2)c1C. The molecular weight excluding hydrogens is 544 g/mol. The number of rotatable bonds is 6. The quantitative estimate of drug-likeness (QED) is 0.410. The summed E-state index contributed by atoms with van der Waals surface area (Å²) in [6.45, 7) is 11.7. The van der Waals surface area contributed by atoms with Gasteiger partial charge in [-0.3, -0.25) is 14.5 Å². The summed E-state index contributed by atoms with van der Waals surface area (Å²) in [6.07, 6.45) is 5.02. The minimum Gasteiger partial charge on any atom is -0.492 e. The van der Waals surface area contributed by atoms with Crippen LogP contribution in [0.1, 0.15) is 73.3 Å². The molecule has 0 unspecified atom stereocenters. The van der Waals surface area contributed by atoms with Crippen LogP contribution in [0.3, 0.4) is 0 Å². The number of ether oxygens (including phenoxy) is 2. The molecule has 0 N–H and O–H groups in total. The predicted molar refractivity (Wildman–Crippen MR) is 166 cm³/mol. The molecule has 1 saturated heterocycles. The Balaban J connectivity index is 1.47. The van der Waals surface area contributed by atoms with Gasteiger partial charge in [0.05, 0.1) is 25.5 Å². The molecule has 10 heteroatoms. The summed E-state index contributed by atoms with van der Waals surface area (Å²) in [4.78, 5) is 33.2. The Morgan fingerprint density at radius 2 is 1.67 bits per heavy atom. The highest BCUT2D eigenvalue weighted by Gasteiger charge is 2.26. The first-order valence-corrected chi connectivity index (χ1v) is 15.6. The number of carbonyl (C=O) groups excluding carboxylic acids is 2. The monoisotopic (exact) mass is 588 g/mol. The molecule has 0 saturated carbocycles. The van der Waals surface area contributed by atoms with Gasteiger partial charge in [-0.2, -0.15) is 0 Å². The molecule has 0 atom stereocenters. The number of fused-ring (bicyclic) bond motifs is 1. The molecule has 2 aromatic carbocycles. The molecule has 10 nitrogen and oxygen atoms in total. The zero-order valence-corrected chi connectivity index (χ0v) is 25.8. The fraction of sp³-hybridized carbons (Fsp3) is 0.515. The average Bonchev–Trinajstić information content (AvgIpc) is 3.39. The minimum absolute atomic E-state index is 0.0199. The molecular formula is C33H44N6O4. The Bertz CT molecular complexity index is 1400. The molecule has 43 heavy (non-hydrogen) atoms. The first kappa shape index (κ1) is 30.7. The third-order valence-electron chi connectivity index (χ3n) is 8.28. The number of amides is 2. The Morgan fingerprint density at radius 3 is 2.44 bits per heavy atom. The van der Waals surface area contributed by atoms with Crippen LogP contribution in [0.25, 0.3) is 5.69 Å².